The number of thioether (sulfide) groups is 1. The third-order valence-corrected chi connectivity index (χ3v) is 4.26. The molecule has 8 heteroatoms. The number of benzene rings is 2. The summed E-state index contributed by atoms with van der Waals surface area (Å²) < 4.78 is 33.6. The molecule has 0 bridgehead atoms. The number of aromatic nitrogens is 2. The minimum absolute atomic E-state index is 0.00356. The second-order valence-electron chi connectivity index (χ2n) is 5.36. The molecule has 0 saturated heterocycles. The first-order valence-electron chi connectivity index (χ1n) is 7.63. The highest BCUT2D eigenvalue weighted by Gasteiger charge is 2.13. The lowest BCUT2D eigenvalue weighted by Gasteiger charge is -2.04. The van der Waals surface area contributed by atoms with E-state index in [9.17, 15) is 13.6 Å². The van der Waals surface area contributed by atoms with Gasteiger partial charge >= 0.3 is 6.61 Å². The summed E-state index contributed by atoms with van der Waals surface area (Å²) in [7, 11) is 0. The summed E-state index contributed by atoms with van der Waals surface area (Å²) in [5, 5.41) is 4.18. The van der Waals surface area contributed by atoms with Crippen LogP contribution >= 0.6 is 11.8 Å². The van der Waals surface area contributed by atoms with E-state index in [0.717, 1.165) is 22.9 Å². The molecule has 0 atom stereocenters. The molecule has 3 rings (SSSR count). The molecule has 0 saturated carbocycles. The van der Waals surface area contributed by atoms with Crippen LogP contribution in [0.5, 0.6) is 5.75 Å². The Morgan fingerprint density at radius 2 is 1.85 bits per heavy atom. The van der Waals surface area contributed by atoms with E-state index in [-0.39, 0.29) is 22.5 Å². The van der Waals surface area contributed by atoms with Gasteiger partial charge in [-0.15, -0.1) is 0 Å². The highest BCUT2D eigenvalue weighted by atomic mass is 32.2. The number of hydrogen-bond donors (Lipinski definition) is 0. The Bertz CT molecular complexity index is 880. The Kier molecular flexibility index (Phi) is 5.62. The molecule has 0 fully saturated rings. The molecule has 26 heavy (non-hydrogen) atoms. The zero-order valence-electron chi connectivity index (χ0n) is 13.7. The second-order valence-corrected chi connectivity index (χ2v) is 6.29. The van der Waals surface area contributed by atoms with Crippen molar-refractivity contribution in [2.24, 2.45) is 0 Å². The Hall–Kier alpha value is -2.74. The van der Waals surface area contributed by atoms with E-state index in [0.29, 0.717) is 11.4 Å². The smallest absolute Gasteiger partial charge is 0.387 e. The van der Waals surface area contributed by atoms with Crippen molar-refractivity contribution in [2.45, 2.75) is 18.8 Å². The van der Waals surface area contributed by atoms with Crippen LogP contribution < -0.4 is 4.74 Å². The van der Waals surface area contributed by atoms with Crippen molar-refractivity contribution in [3.63, 3.8) is 0 Å². The van der Waals surface area contributed by atoms with E-state index in [1.807, 2.05) is 31.2 Å². The number of ether oxygens (including phenoxy) is 1. The van der Waals surface area contributed by atoms with E-state index in [1.165, 1.54) is 24.3 Å². The van der Waals surface area contributed by atoms with E-state index in [1.54, 1.807) is 0 Å². The van der Waals surface area contributed by atoms with Crippen LogP contribution in [-0.2, 0) is 0 Å². The lowest BCUT2D eigenvalue weighted by molar-refractivity contribution is -0.0498. The number of nitrogens with zero attached hydrogens (tertiary/aromatic N) is 2. The summed E-state index contributed by atoms with van der Waals surface area (Å²) in [5.74, 6) is 0.357. The third kappa shape index (κ3) is 4.66. The molecular formula is C18H14F2N2O3S. The minimum atomic E-state index is -2.90. The van der Waals surface area contributed by atoms with Crippen LogP contribution in [0.15, 0.2) is 58.3 Å². The highest BCUT2D eigenvalue weighted by Crippen LogP contribution is 2.23. The average Bonchev–Trinajstić information content (AvgIpc) is 3.09. The maximum Gasteiger partial charge on any atom is 0.387 e. The number of ketones is 1. The van der Waals surface area contributed by atoms with Gasteiger partial charge in [-0.25, -0.2) is 0 Å². The van der Waals surface area contributed by atoms with Crippen LogP contribution in [0.1, 0.15) is 15.9 Å². The van der Waals surface area contributed by atoms with E-state index < -0.39 is 6.61 Å². The van der Waals surface area contributed by atoms with Gasteiger partial charge in [0.1, 0.15) is 5.75 Å². The topological polar surface area (TPSA) is 65.2 Å². The van der Waals surface area contributed by atoms with Crippen molar-refractivity contribution in [1.29, 1.82) is 0 Å². The van der Waals surface area contributed by atoms with Gasteiger partial charge in [0, 0.05) is 11.1 Å². The van der Waals surface area contributed by atoms with E-state index in [4.69, 9.17) is 4.52 Å². The number of halogens is 2. The third-order valence-electron chi connectivity index (χ3n) is 3.45. The molecule has 0 radical (unpaired) electrons. The first kappa shape index (κ1) is 18.1. The lowest BCUT2D eigenvalue weighted by Crippen LogP contribution is -2.04. The van der Waals surface area contributed by atoms with Crippen LogP contribution in [0.25, 0.3) is 11.4 Å². The van der Waals surface area contributed by atoms with Crippen LogP contribution in [0.3, 0.4) is 0 Å². The lowest BCUT2D eigenvalue weighted by atomic mass is 10.1. The number of rotatable bonds is 7. The van der Waals surface area contributed by atoms with Gasteiger partial charge in [0.25, 0.3) is 5.22 Å². The second kappa shape index (κ2) is 8.09. The molecule has 0 aliphatic heterocycles. The van der Waals surface area contributed by atoms with Crippen LogP contribution in [0.2, 0.25) is 0 Å². The van der Waals surface area contributed by atoms with Crippen molar-refractivity contribution in [3.05, 3.63) is 59.7 Å². The number of carbonyl (C=O) groups is 1. The van der Waals surface area contributed by atoms with Gasteiger partial charge in [-0.05, 0) is 31.2 Å². The van der Waals surface area contributed by atoms with Gasteiger partial charge in [-0.3, -0.25) is 4.79 Å². The molecule has 5 nitrogen and oxygen atoms in total. The number of hydrogen-bond acceptors (Lipinski definition) is 6. The van der Waals surface area contributed by atoms with Crippen LogP contribution in [0.4, 0.5) is 8.78 Å². The molecular weight excluding hydrogens is 362 g/mol. The first-order chi connectivity index (χ1) is 12.5. The predicted octanol–water partition coefficient (Wildman–Crippen LogP) is 4.62. The Morgan fingerprint density at radius 3 is 2.50 bits per heavy atom. The molecule has 0 N–H and O–H groups in total. The maximum absolute atomic E-state index is 12.2. The van der Waals surface area contributed by atoms with Crippen molar-refractivity contribution in [1.82, 2.24) is 10.1 Å². The summed E-state index contributed by atoms with van der Waals surface area (Å²) >= 11 is 1.12. The summed E-state index contributed by atoms with van der Waals surface area (Å²) in [6, 6.07) is 13.2. The Balaban J connectivity index is 1.58. The largest absolute Gasteiger partial charge is 0.435 e. The standard InChI is InChI=1S/C18H14F2N2O3S/c1-11-2-4-13(5-3-11)16-21-18(25-22-16)26-10-15(23)12-6-8-14(9-7-12)24-17(19)20/h2-9,17H,10H2,1H3. The predicted molar refractivity (Wildman–Crippen MR) is 92.6 cm³/mol. The molecule has 134 valence electrons. The summed E-state index contributed by atoms with van der Waals surface area (Å²) in [5.41, 5.74) is 2.34. The number of aryl methyl sites for hydroxylation is 1. The number of alkyl halides is 2. The van der Waals surface area contributed by atoms with Crippen LogP contribution in [0, 0.1) is 6.92 Å². The fourth-order valence-electron chi connectivity index (χ4n) is 2.12. The molecule has 1 heterocycles. The first-order valence-corrected chi connectivity index (χ1v) is 8.61. The van der Waals surface area contributed by atoms with Crippen molar-refractivity contribution in [3.8, 4) is 17.1 Å². The molecule has 0 aliphatic carbocycles. The number of carbonyl (C=O) groups excluding carboxylic acids is 1. The monoisotopic (exact) mass is 376 g/mol. The molecule has 2 aromatic carbocycles. The molecule has 0 unspecified atom stereocenters. The van der Waals surface area contributed by atoms with Gasteiger partial charge < -0.3 is 9.26 Å². The van der Waals surface area contributed by atoms with Gasteiger partial charge in [-0.2, -0.15) is 13.8 Å². The van der Waals surface area contributed by atoms with Crippen molar-refractivity contribution in [2.75, 3.05) is 5.75 Å². The van der Waals surface area contributed by atoms with Crippen molar-refractivity contribution >= 4 is 17.5 Å². The summed E-state index contributed by atoms with van der Waals surface area (Å²) in [6.45, 7) is -0.911. The molecule has 3 aromatic rings. The fourth-order valence-corrected chi connectivity index (χ4v) is 2.78. The SMILES string of the molecule is Cc1ccc(-c2noc(SCC(=O)c3ccc(OC(F)F)cc3)n2)cc1. The van der Waals surface area contributed by atoms with Crippen LogP contribution in [-0.4, -0.2) is 28.3 Å². The zero-order chi connectivity index (χ0) is 18.5. The minimum Gasteiger partial charge on any atom is -0.435 e. The quantitative estimate of drug-likeness (QED) is 0.443. The highest BCUT2D eigenvalue weighted by molar-refractivity contribution is 7.99. The average molecular weight is 376 g/mol. The molecule has 0 amide bonds. The molecule has 1 aromatic heterocycles. The summed E-state index contributed by atoms with van der Waals surface area (Å²) in [4.78, 5) is 16.4. The summed E-state index contributed by atoms with van der Waals surface area (Å²) in [6.07, 6.45) is 0. The van der Waals surface area contributed by atoms with Crippen molar-refractivity contribution < 1.29 is 22.8 Å². The maximum atomic E-state index is 12.2. The van der Waals surface area contributed by atoms with Gasteiger partial charge in [0.15, 0.2) is 5.78 Å². The number of Topliss-reactive ketones (excluding diaryl/α,β-unsaturated/α-hetero) is 1. The Labute approximate surface area is 152 Å². The van der Waals surface area contributed by atoms with Gasteiger partial charge in [-0.1, -0.05) is 46.7 Å². The fraction of sp³-hybridized carbons (Fsp3) is 0.167. The van der Waals surface area contributed by atoms with E-state index >= 15 is 0 Å². The normalized spacial score (nSPS) is 10.9. The van der Waals surface area contributed by atoms with Gasteiger partial charge in [0.05, 0.1) is 5.75 Å². The zero-order valence-corrected chi connectivity index (χ0v) is 14.5. The van der Waals surface area contributed by atoms with Gasteiger partial charge in [0.2, 0.25) is 5.82 Å². The molecule has 0 aliphatic rings. The molecule has 0 spiro atoms. The Morgan fingerprint density at radius 1 is 1.15 bits per heavy atom. The van der Waals surface area contributed by atoms with E-state index in [2.05, 4.69) is 14.9 Å².